The first-order valence-corrected chi connectivity index (χ1v) is 6.05. The van der Waals surface area contributed by atoms with E-state index in [1.165, 1.54) is 0 Å². The largest absolute Gasteiger partial charge is 0.338 e. The molecule has 1 aliphatic rings. The molecule has 1 aliphatic heterocycles. The molecule has 0 saturated carbocycles. The predicted molar refractivity (Wildman–Crippen MR) is 65.9 cm³/mol. The van der Waals surface area contributed by atoms with Gasteiger partial charge < -0.3 is 4.90 Å². The zero-order chi connectivity index (χ0) is 12.3. The van der Waals surface area contributed by atoms with E-state index < -0.39 is 0 Å². The van der Waals surface area contributed by atoms with E-state index in [1.54, 1.807) is 4.90 Å². The van der Waals surface area contributed by atoms with Gasteiger partial charge in [0.2, 0.25) is 0 Å². The number of amides is 1. The Bertz CT molecular complexity index is 440. The number of rotatable bonds is 1. The van der Waals surface area contributed by atoms with Gasteiger partial charge in [-0.05, 0) is 25.0 Å². The highest BCUT2D eigenvalue weighted by Crippen LogP contribution is 2.14. The Morgan fingerprint density at radius 3 is 2.71 bits per heavy atom. The second-order valence-electron chi connectivity index (χ2n) is 4.50. The van der Waals surface area contributed by atoms with Gasteiger partial charge in [-0.3, -0.25) is 9.59 Å². The molecule has 0 unspecified atom stereocenters. The van der Waals surface area contributed by atoms with Crippen molar-refractivity contribution in [2.45, 2.75) is 26.2 Å². The van der Waals surface area contributed by atoms with Crippen molar-refractivity contribution in [3.8, 4) is 0 Å². The SMILES string of the molecule is Cc1ccccc1C(=O)N1CCCC(=O)CC1. The quantitative estimate of drug-likeness (QED) is 0.743. The first-order valence-electron chi connectivity index (χ1n) is 6.05. The van der Waals surface area contributed by atoms with Crippen LogP contribution in [0.5, 0.6) is 0 Å². The number of aryl methyl sites for hydroxylation is 1. The van der Waals surface area contributed by atoms with Crippen LogP contribution < -0.4 is 0 Å². The van der Waals surface area contributed by atoms with E-state index in [9.17, 15) is 9.59 Å². The molecule has 0 aromatic heterocycles. The molecule has 1 amide bonds. The van der Waals surface area contributed by atoms with Gasteiger partial charge in [-0.15, -0.1) is 0 Å². The maximum Gasteiger partial charge on any atom is 0.254 e. The average Bonchev–Trinajstić information content (AvgIpc) is 2.54. The van der Waals surface area contributed by atoms with Crippen molar-refractivity contribution >= 4 is 11.7 Å². The van der Waals surface area contributed by atoms with Crippen molar-refractivity contribution in [3.05, 3.63) is 35.4 Å². The molecule has 17 heavy (non-hydrogen) atoms. The normalized spacial score (nSPS) is 16.8. The van der Waals surface area contributed by atoms with Crippen molar-refractivity contribution < 1.29 is 9.59 Å². The van der Waals surface area contributed by atoms with Crippen molar-refractivity contribution in [3.63, 3.8) is 0 Å². The Morgan fingerprint density at radius 2 is 1.94 bits per heavy atom. The van der Waals surface area contributed by atoms with E-state index in [2.05, 4.69) is 0 Å². The summed E-state index contributed by atoms with van der Waals surface area (Å²) in [5.41, 5.74) is 1.75. The summed E-state index contributed by atoms with van der Waals surface area (Å²) in [4.78, 5) is 25.4. The number of benzene rings is 1. The van der Waals surface area contributed by atoms with E-state index in [-0.39, 0.29) is 11.7 Å². The van der Waals surface area contributed by atoms with Gasteiger partial charge in [0.05, 0.1) is 0 Å². The van der Waals surface area contributed by atoms with Gasteiger partial charge in [-0.2, -0.15) is 0 Å². The van der Waals surface area contributed by atoms with E-state index in [4.69, 9.17) is 0 Å². The molecule has 0 atom stereocenters. The third kappa shape index (κ3) is 2.73. The summed E-state index contributed by atoms with van der Waals surface area (Å²) in [5, 5.41) is 0. The van der Waals surface area contributed by atoms with E-state index in [0.29, 0.717) is 25.9 Å². The molecule has 90 valence electrons. The minimum atomic E-state index is 0.0535. The number of hydrogen-bond donors (Lipinski definition) is 0. The molecule has 1 saturated heterocycles. The topological polar surface area (TPSA) is 37.4 Å². The first-order chi connectivity index (χ1) is 8.18. The monoisotopic (exact) mass is 231 g/mol. The first kappa shape index (κ1) is 11.8. The highest BCUT2D eigenvalue weighted by Gasteiger charge is 2.20. The molecule has 1 aromatic carbocycles. The maximum atomic E-state index is 12.3. The Labute approximate surface area is 101 Å². The van der Waals surface area contributed by atoms with Gasteiger partial charge in [0.1, 0.15) is 5.78 Å². The summed E-state index contributed by atoms with van der Waals surface area (Å²) in [6.45, 7) is 3.20. The molecule has 0 N–H and O–H groups in total. The van der Waals surface area contributed by atoms with Gasteiger partial charge >= 0.3 is 0 Å². The Kier molecular flexibility index (Phi) is 3.57. The minimum Gasteiger partial charge on any atom is -0.338 e. The van der Waals surface area contributed by atoms with Crippen LogP contribution in [0.3, 0.4) is 0 Å². The number of nitrogens with zero attached hydrogens (tertiary/aromatic N) is 1. The molecule has 0 radical (unpaired) electrons. The number of carbonyl (C=O) groups excluding carboxylic acids is 2. The molecule has 1 fully saturated rings. The zero-order valence-corrected chi connectivity index (χ0v) is 10.1. The van der Waals surface area contributed by atoms with Crippen LogP contribution in [0, 0.1) is 6.92 Å². The zero-order valence-electron chi connectivity index (χ0n) is 10.1. The molecule has 3 heteroatoms. The van der Waals surface area contributed by atoms with Gasteiger partial charge in [-0.1, -0.05) is 18.2 Å². The number of carbonyl (C=O) groups is 2. The van der Waals surface area contributed by atoms with E-state index in [0.717, 1.165) is 17.5 Å². The number of Topliss-reactive ketones (excluding diaryl/α,β-unsaturated/α-hetero) is 1. The third-order valence-electron chi connectivity index (χ3n) is 3.21. The minimum absolute atomic E-state index is 0.0535. The molecular formula is C14H17NO2. The number of ketones is 1. The lowest BCUT2D eigenvalue weighted by atomic mass is 10.1. The van der Waals surface area contributed by atoms with Gasteiger partial charge in [0.25, 0.3) is 5.91 Å². The third-order valence-corrected chi connectivity index (χ3v) is 3.21. The smallest absolute Gasteiger partial charge is 0.254 e. The molecular weight excluding hydrogens is 214 g/mol. The number of hydrogen-bond acceptors (Lipinski definition) is 2. The lowest BCUT2D eigenvalue weighted by molar-refractivity contribution is -0.118. The Morgan fingerprint density at radius 1 is 1.18 bits per heavy atom. The summed E-state index contributed by atoms with van der Waals surface area (Å²) < 4.78 is 0. The molecule has 0 spiro atoms. The summed E-state index contributed by atoms with van der Waals surface area (Å²) in [6.07, 6.45) is 1.89. The van der Waals surface area contributed by atoms with Crippen LogP contribution in [0.25, 0.3) is 0 Å². The van der Waals surface area contributed by atoms with Crippen LogP contribution in [-0.2, 0) is 4.79 Å². The lowest BCUT2D eigenvalue weighted by Gasteiger charge is -2.20. The fourth-order valence-corrected chi connectivity index (χ4v) is 2.15. The van der Waals surface area contributed by atoms with E-state index >= 15 is 0 Å². The Hall–Kier alpha value is -1.64. The molecule has 3 nitrogen and oxygen atoms in total. The highest BCUT2D eigenvalue weighted by atomic mass is 16.2. The fourth-order valence-electron chi connectivity index (χ4n) is 2.15. The standard InChI is InChI=1S/C14H17NO2/c1-11-5-2-3-7-13(11)14(17)15-9-4-6-12(16)8-10-15/h2-3,5,7H,4,6,8-10H2,1H3. The Balaban J connectivity index is 2.14. The molecule has 2 rings (SSSR count). The highest BCUT2D eigenvalue weighted by molar-refractivity contribution is 5.96. The van der Waals surface area contributed by atoms with Gasteiger partial charge in [0, 0.05) is 31.5 Å². The summed E-state index contributed by atoms with van der Waals surface area (Å²) >= 11 is 0. The fraction of sp³-hybridized carbons (Fsp3) is 0.429. The summed E-state index contributed by atoms with van der Waals surface area (Å²) in [7, 11) is 0. The molecule has 1 aromatic rings. The van der Waals surface area contributed by atoms with Crippen LogP contribution >= 0.6 is 0 Å². The lowest BCUT2D eigenvalue weighted by Crippen LogP contribution is -2.32. The van der Waals surface area contributed by atoms with Crippen LogP contribution in [0.2, 0.25) is 0 Å². The van der Waals surface area contributed by atoms with Crippen molar-refractivity contribution in [1.29, 1.82) is 0 Å². The molecule has 0 bridgehead atoms. The van der Waals surface area contributed by atoms with E-state index in [1.807, 2.05) is 31.2 Å². The van der Waals surface area contributed by atoms with Gasteiger partial charge in [-0.25, -0.2) is 0 Å². The van der Waals surface area contributed by atoms with Crippen LogP contribution in [0.4, 0.5) is 0 Å². The van der Waals surface area contributed by atoms with Gasteiger partial charge in [0.15, 0.2) is 0 Å². The molecule has 1 heterocycles. The second kappa shape index (κ2) is 5.13. The number of likely N-dealkylation sites (tertiary alicyclic amines) is 1. The van der Waals surface area contributed by atoms with Crippen LogP contribution in [0.15, 0.2) is 24.3 Å². The van der Waals surface area contributed by atoms with Crippen molar-refractivity contribution in [1.82, 2.24) is 4.90 Å². The van der Waals surface area contributed by atoms with Crippen LogP contribution in [-0.4, -0.2) is 29.7 Å². The van der Waals surface area contributed by atoms with Crippen molar-refractivity contribution in [2.75, 3.05) is 13.1 Å². The maximum absolute atomic E-state index is 12.3. The second-order valence-corrected chi connectivity index (χ2v) is 4.50. The summed E-state index contributed by atoms with van der Waals surface area (Å²) in [6, 6.07) is 7.60. The van der Waals surface area contributed by atoms with Crippen LogP contribution in [0.1, 0.15) is 35.2 Å². The summed E-state index contributed by atoms with van der Waals surface area (Å²) in [5.74, 6) is 0.322. The van der Waals surface area contributed by atoms with Crippen molar-refractivity contribution in [2.24, 2.45) is 0 Å². The predicted octanol–water partition coefficient (Wildman–Crippen LogP) is 2.19. The molecule has 0 aliphatic carbocycles. The average molecular weight is 231 g/mol.